The summed E-state index contributed by atoms with van der Waals surface area (Å²) in [4.78, 5) is 13.7. The minimum Gasteiger partial charge on any atom is -0.211 e. The molecule has 0 rings (SSSR count). The summed E-state index contributed by atoms with van der Waals surface area (Å²) in [5, 5.41) is 0.129. The Hall–Kier alpha value is -0.403. The zero-order chi connectivity index (χ0) is 9.12. The molecule has 0 amide bonds. The number of carbonyl (C=O) groups excluding carboxylic acids is 1. The lowest BCUT2D eigenvalue weighted by atomic mass is 9.93. The van der Waals surface area contributed by atoms with E-state index in [1.807, 2.05) is 13.8 Å². The zero-order valence-electron chi connectivity index (χ0n) is 7.64. The number of isocyanates is 1. The highest BCUT2D eigenvalue weighted by atomic mass is 28.1. The van der Waals surface area contributed by atoms with E-state index < -0.39 is 0 Å². The van der Waals surface area contributed by atoms with Gasteiger partial charge < -0.3 is 0 Å². The summed E-state index contributed by atoms with van der Waals surface area (Å²) in [7, 11) is 2.74. The Balaban J connectivity index is 4.24. The first kappa shape index (κ1) is 10.6. The van der Waals surface area contributed by atoms with Crippen molar-refractivity contribution in [2.75, 3.05) is 0 Å². The van der Waals surface area contributed by atoms with Gasteiger partial charge in [-0.1, -0.05) is 13.8 Å². The van der Waals surface area contributed by atoms with Crippen molar-refractivity contribution in [2.24, 2.45) is 4.99 Å². The Kier molecular flexibility index (Phi) is 3.21. The lowest BCUT2D eigenvalue weighted by Gasteiger charge is -2.27. The van der Waals surface area contributed by atoms with Crippen molar-refractivity contribution in [2.45, 2.75) is 44.7 Å². The fourth-order valence-corrected chi connectivity index (χ4v) is 1.78. The summed E-state index contributed by atoms with van der Waals surface area (Å²) in [6.07, 6.45) is 2.46. The van der Waals surface area contributed by atoms with Gasteiger partial charge in [0.25, 0.3) is 0 Å². The van der Waals surface area contributed by atoms with Gasteiger partial charge in [0.05, 0.1) is 5.54 Å². The minimum atomic E-state index is -0.285. The lowest BCUT2D eigenvalue weighted by molar-refractivity contribution is 0.412. The Bertz CT molecular complexity index is 175. The van der Waals surface area contributed by atoms with Crippen LogP contribution in [0.4, 0.5) is 0 Å². The van der Waals surface area contributed by atoms with Crippen LogP contribution in [0, 0.1) is 0 Å². The molecule has 2 radical (unpaired) electrons. The molecule has 3 heteroatoms. The van der Waals surface area contributed by atoms with Crippen LogP contribution in [-0.2, 0) is 4.79 Å². The number of aliphatic imine (C=N–C) groups is 1. The van der Waals surface area contributed by atoms with E-state index in [-0.39, 0.29) is 10.6 Å². The van der Waals surface area contributed by atoms with Crippen LogP contribution < -0.4 is 0 Å². The Morgan fingerprint density at radius 1 is 1.36 bits per heavy atom. The highest BCUT2D eigenvalue weighted by Gasteiger charge is 2.24. The van der Waals surface area contributed by atoms with Crippen molar-refractivity contribution < 1.29 is 4.79 Å². The molecule has 0 bridgehead atoms. The van der Waals surface area contributed by atoms with Gasteiger partial charge in [0.15, 0.2) is 0 Å². The monoisotopic (exact) mass is 169 g/mol. The molecule has 0 aromatic rings. The fourth-order valence-electron chi connectivity index (χ4n) is 1.28. The first-order valence-electron chi connectivity index (χ1n) is 3.65. The molecule has 0 aliphatic carbocycles. The quantitative estimate of drug-likeness (QED) is 0.358. The third-order valence-corrected chi connectivity index (χ3v) is 1.44. The van der Waals surface area contributed by atoms with Gasteiger partial charge in [-0.25, -0.2) is 4.79 Å². The largest absolute Gasteiger partial charge is 0.235 e. The fraction of sp³-hybridized carbons (Fsp3) is 0.875. The Labute approximate surface area is 71.5 Å². The minimum absolute atomic E-state index is 0.129. The molecule has 62 valence electrons. The predicted octanol–water partition coefficient (Wildman–Crippen LogP) is 1.59. The Morgan fingerprint density at radius 3 is 2.09 bits per heavy atom. The van der Waals surface area contributed by atoms with Crippen molar-refractivity contribution in [3.05, 3.63) is 0 Å². The van der Waals surface area contributed by atoms with Crippen molar-refractivity contribution in [1.82, 2.24) is 0 Å². The lowest BCUT2D eigenvalue weighted by Crippen LogP contribution is -2.22. The summed E-state index contributed by atoms with van der Waals surface area (Å²) >= 11 is 0. The van der Waals surface area contributed by atoms with Crippen LogP contribution >= 0.6 is 0 Å². The molecule has 0 heterocycles. The standard InChI is InChI=1S/C8H15NOSi/c1-7(2,9-6-10)5-8(3,4)11/h11H,5H2,1-4H3. The molecular formula is C8H15NOSi. The summed E-state index contributed by atoms with van der Waals surface area (Å²) in [6, 6.07) is 0. The first-order valence-corrected chi connectivity index (χ1v) is 4.22. The number of rotatable bonds is 3. The van der Waals surface area contributed by atoms with Crippen molar-refractivity contribution in [1.29, 1.82) is 0 Å². The van der Waals surface area contributed by atoms with Crippen LogP contribution in [0.5, 0.6) is 0 Å². The SMILES string of the molecule is CC(C)([SiH])CC(C)(C)N=C=O. The smallest absolute Gasteiger partial charge is 0.211 e. The van der Waals surface area contributed by atoms with Crippen molar-refractivity contribution in [3.63, 3.8) is 0 Å². The molecule has 0 aromatic carbocycles. The van der Waals surface area contributed by atoms with E-state index in [0.717, 1.165) is 6.42 Å². The van der Waals surface area contributed by atoms with E-state index in [4.69, 9.17) is 0 Å². The number of hydrogen-bond acceptors (Lipinski definition) is 2. The Morgan fingerprint density at radius 2 is 1.82 bits per heavy atom. The highest BCUT2D eigenvalue weighted by molar-refractivity contribution is 6.14. The molecule has 0 saturated carbocycles. The average molecular weight is 169 g/mol. The van der Waals surface area contributed by atoms with Crippen LogP contribution in [0.15, 0.2) is 4.99 Å². The van der Waals surface area contributed by atoms with Gasteiger partial charge in [0.1, 0.15) is 0 Å². The zero-order valence-corrected chi connectivity index (χ0v) is 8.79. The first-order chi connectivity index (χ1) is 4.77. The molecule has 0 aromatic heterocycles. The second-order valence-electron chi connectivity index (χ2n) is 4.18. The molecule has 0 saturated heterocycles. The molecule has 11 heavy (non-hydrogen) atoms. The van der Waals surface area contributed by atoms with E-state index in [9.17, 15) is 4.79 Å². The second kappa shape index (κ2) is 3.33. The molecular weight excluding hydrogens is 154 g/mol. The maximum absolute atomic E-state index is 10.0. The summed E-state index contributed by atoms with van der Waals surface area (Å²) in [5.41, 5.74) is -0.285. The maximum Gasteiger partial charge on any atom is 0.235 e. The van der Waals surface area contributed by atoms with Gasteiger partial charge in [0.2, 0.25) is 6.08 Å². The van der Waals surface area contributed by atoms with Gasteiger partial charge in [0, 0.05) is 10.2 Å². The predicted molar refractivity (Wildman–Crippen MR) is 48.0 cm³/mol. The highest BCUT2D eigenvalue weighted by Crippen LogP contribution is 2.32. The molecule has 0 atom stereocenters. The van der Waals surface area contributed by atoms with Gasteiger partial charge in [-0.05, 0) is 25.3 Å². The van der Waals surface area contributed by atoms with E-state index >= 15 is 0 Å². The van der Waals surface area contributed by atoms with Crippen molar-refractivity contribution >= 4 is 16.3 Å². The van der Waals surface area contributed by atoms with Crippen LogP contribution in [0.25, 0.3) is 0 Å². The second-order valence-corrected chi connectivity index (χ2v) is 5.74. The van der Waals surface area contributed by atoms with Crippen LogP contribution in [0.3, 0.4) is 0 Å². The third-order valence-electron chi connectivity index (χ3n) is 1.24. The third kappa shape index (κ3) is 6.01. The molecule has 2 nitrogen and oxygen atoms in total. The van der Waals surface area contributed by atoms with Crippen LogP contribution in [0.1, 0.15) is 34.1 Å². The maximum atomic E-state index is 10.0. The van der Waals surface area contributed by atoms with E-state index in [1.54, 1.807) is 6.08 Å². The topological polar surface area (TPSA) is 29.4 Å². The van der Waals surface area contributed by atoms with Gasteiger partial charge >= 0.3 is 0 Å². The molecule has 0 fully saturated rings. The molecule has 0 aliphatic heterocycles. The van der Waals surface area contributed by atoms with Gasteiger partial charge in [-0.3, -0.25) is 0 Å². The normalized spacial score (nSPS) is 12.5. The van der Waals surface area contributed by atoms with Gasteiger partial charge in [-0.2, -0.15) is 4.99 Å². The van der Waals surface area contributed by atoms with E-state index in [1.165, 1.54) is 0 Å². The summed E-state index contributed by atoms with van der Waals surface area (Å²) in [6.45, 7) is 8.06. The van der Waals surface area contributed by atoms with Crippen LogP contribution in [-0.4, -0.2) is 21.9 Å². The summed E-state index contributed by atoms with van der Waals surface area (Å²) in [5.74, 6) is 0. The molecule has 0 aliphatic rings. The van der Waals surface area contributed by atoms with E-state index in [0.29, 0.717) is 0 Å². The average Bonchev–Trinajstić information content (AvgIpc) is 1.55. The number of nitrogens with zero attached hydrogens (tertiary/aromatic N) is 1. The summed E-state index contributed by atoms with van der Waals surface area (Å²) < 4.78 is 0. The van der Waals surface area contributed by atoms with E-state index in [2.05, 4.69) is 29.1 Å². The van der Waals surface area contributed by atoms with Crippen molar-refractivity contribution in [3.8, 4) is 0 Å². The van der Waals surface area contributed by atoms with Crippen LogP contribution in [0.2, 0.25) is 5.04 Å². The number of hydrogen-bond donors (Lipinski definition) is 0. The van der Waals surface area contributed by atoms with Gasteiger partial charge in [-0.15, -0.1) is 0 Å². The molecule has 0 spiro atoms. The molecule has 0 N–H and O–H groups in total. The molecule has 0 unspecified atom stereocenters.